The number of hydrogen-bond acceptors (Lipinski definition) is 2. The summed E-state index contributed by atoms with van der Waals surface area (Å²) >= 11 is 2.32. The van der Waals surface area contributed by atoms with Crippen LogP contribution >= 0.6 is 22.6 Å². The Morgan fingerprint density at radius 2 is 2.12 bits per heavy atom. The van der Waals surface area contributed by atoms with Crippen molar-refractivity contribution in [1.29, 1.82) is 0 Å². The van der Waals surface area contributed by atoms with Crippen LogP contribution in [-0.4, -0.2) is 16.4 Å². The lowest BCUT2D eigenvalue weighted by molar-refractivity contribution is 0.0904. The van der Waals surface area contributed by atoms with E-state index in [4.69, 9.17) is 4.74 Å². The molecule has 1 aromatic heterocycles. The van der Waals surface area contributed by atoms with Crippen molar-refractivity contribution in [3.63, 3.8) is 0 Å². The minimum absolute atomic E-state index is 0.446. The number of nitrogens with zero attached hydrogens (tertiary/aromatic N) is 2. The van der Waals surface area contributed by atoms with E-state index < -0.39 is 0 Å². The lowest BCUT2D eigenvalue weighted by atomic mass is 10.2. The van der Waals surface area contributed by atoms with Gasteiger partial charge >= 0.3 is 0 Å². The third-order valence-electron chi connectivity index (χ3n) is 2.55. The fraction of sp³-hybridized carbons (Fsp3) is 0.750. The molecule has 0 saturated heterocycles. The van der Waals surface area contributed by atoms with Gasteiger partial charge in [0.15, 0.2) is 0 Å². The molecule has 1 atom stereocenters. The van der Waals surface area contributed by atoms with Crippen molar-refractivity contribution in [2.75, 3.05) is 6.61 Å². The van der Waals surface area contributed by atoms with Gasteiger partial charge in [0.2, 0.25) is 0 Å². The maximum absolute atomic E-state index is 5.69. The average Bonchev–Trinajstić information content (AvgIpc) is 2.59. The highest BCUT2D eigenvalue weighted by Gasteiger charge is 2.12. The van der Waals surface area contributed by atoms with Gasteiger partial charge in [0.05, 0.1) is 22.1 Å². The summed E-state index contributed by atoms with van der Waals surface area (Å²) in [6, 6.07) is 0.446. The van der Waals surface area contributed by atoms with Crippen LogP contribution in [0.3, 0.4) is 0 Å². The number of hydrogen-bond donors (Lipinski definition) is 0. The van der Waals surface area contributed by atoms with E-state index in [9.17, 15) is 0 Å². The molecule has 0 aromatic carbocycles. The molecule has 0 fully saturated rings. The van der Waals surface area contributed by atoms with Gasteiger partial charge in [-0.05, 0) is 41.9 Å². The minimum Gasteiger partial charge on any atom is -0.375 e. The first-order valence-corrected chi connectivity index (χ1v) is 6.93. The van der Waals surface area contributed by atoms with Crippen molar-refractivity contribution >= 4 is 22.6 Å². The van der Waals surface area contributed by atoms with E-state index >= 15 is 0 Å². The quantitative estimate of drug-likeness (QED) is 0.742. The molecule has 0 unspecified atom stereocenters. The van der Waals surface area contributed by atoms with E-state index in [0.717, 1.165) is 13.0 Å². The Labute approximate surface area is 112 Å². The summed E-state index contributed by atoms with van der Waals surface area (Å²) in [6.45, 7) is 10.2. The normalized spacial score (nSPS) is 13.4. The van der Waals surface area contributed by atoms with Crippen LogP contribution in [0.1, 0.15) is 45.9 Å². The third kappa shape index (κ3) is 3.73. The summed E-state index contributed by atoms with van der Waals surface area (Å²) in [5.74, 6) is 0.581. The van der Waals surface area contributed by atoms with Gasteiger partial charge in [-0.2, -0.15) is 5.10 Å². The van der Waals surface area contributed by atoms with Crippen LogP contribution in [0.25, 0.3) is 0 Å². The highest BCUT2D eigenvalue weighted by molar-refractivity contribution is 14.1. The lowest BCUT2D eigenvalue weighted by Crippen LogP contribution is -2.12. The van der Waals surface area contributed by atoms with Crippen molar-refractivity contribution in [2.24, 2.45) is 5.92 Å². The Bertz CT molecular complexity index is 323. The lowest BCUT2D eigenvalue weighted by Gasteiger charge is -2.14. The average molecular weight is 336 g/mol. The Hall–Kier alpha value is -0.100. The largest absolute Gasteiger partial charge is 0.375 e. The van der Waals surface area contributed by atoms with Gasteiger partial charge in [0, 0.05) is 12.6 Å². The summed E-state index contributed by atoms with van der Waals surface area (Å²) in [6.07, 6.45) is 3.01. The second-order valence-electron chi connectivity index (χ2n) is 4.55. The molecular formula is C12H21IN2O. The molecule has 92 valence electrons. The molecule has 1 heterocycles. The minimum atomic E-state index is 0.446. The van der Waals surface area contributed by atoms with Gasteiger partial charge < -0.3 is 4.74 Å². The topological polar surface area (TPSA) is 27.1 Å². The second kappa shape index (κ2) is 6.59. The van der Waals surface area contributed by atoms with Crippen molar-refractivity contribution in [2.45, 2.75) is 46.8 Å². The van der Waals surface area contributed by atoms with Crippen LogP contribution < -0.4 is 0 Å². The van der Waals surface area contributed by atoms with Gasteiger partial charge in [0.1, 0.15) is 0 Å². The summed E-state index contributed by atoms with van der Waals surface area (Å²) in [4.78, 5) is 0. The van der Waals surface area contributed by atoms with Gasteiger partial charge in [-0.25, -0.2) is 0 Å². The van der Waals surface area contributed by atoms with E-state index in [-0.39, 0.29) is 0 Å². The molecule has 0 aliphatic carbocycles. The molecule has 3 nitrogen and oxygen atoms in total. The van der Waals surface area contributed by atoms with Crippen LogP contribution in [-0.2, 0) is 11.3 Å². The van der Waals surface area contributed by atoms with E-state index in [1.807, 2.05) is 6.20 Å². The Morgan fingerprint density at radius 1 is 1.44 bits per heavy atom. The van der Waals surface area contributed by atoms with E-state index in [1.165, 1.54) is 9.26 Å². The SMILES string of the molecule is CC[C@H](C)n1ncc(I)c1COCC(C)C. The molecule has 0 bridgehead atoms. The predicted octanol–water partition coefficient (Wildman–Crippen LogP) is 3.63. The molecule has 16 heavy (non-hydrogen) atoms. The first-order chi connectivity index (χ1) is 7.56. The van der Waals surface area contributed by atoms with Crippen LogP contribution in [0.4, 0.5) is 0 Å². The molecule has 0 N–H and O–H groups in total. The van der Waals surface area contributed by atoms with Crippen LogP contribution in [0.2, 0.25) is 0 Å². The van der Waals surface area contributed by atoms with Crippen LogP contribution in [0, 0.1) is 9.49 Å². The zero-order chi connectivity index (χ0) is 12.1. The van der Waals surface area contributed by atoms with Crippen molar-refractivity contribution in [1.82, 2.24) is 9.78 Å². The second-order valence-corrected chi connectivity index (χ2v) is 5.71. The molecule has 4 heteroatoms. The summed E-state index contributed by atoms with van der Waals surface area (Å²) in [5, 5.41) is 4.41. The number of rotatable bonds is 6. The van der Waals surface area contributed by atoms with E-state index in [2.05, 4.69) is 60.1 Å². The van der Waals surface area contributed by atoms with Gasteiger partial charge in [-0.1, -0.05) is 20.8 Å². The zero-order valence-electron chi connectivity index (χ0n) is 10.5. The van der Waals surface area contributed by atoms with Crippen LogP contribution in [0.15, 0.2) is 6.20 Å². The molecule has 0 amide bonds. The van der Waals surface area contributed by atoms with E-state index in [1.54, 1.807) is 0 Å². The highest BCUT2D eigenvalue weighted by atomic mass is 127. The Balaban J connectivity index is 2.66. The third-order valence-corrected chi connectivity index (χ3v) is 3.45. The number of aromatic nitrogens is 2. The smallest absolute Gasteiger partial charge is 0.0895 e. The fourth-order valence-electron chi connectivity index (χ4n) is 1.45. The van der Waals surface area contributed by atoms with Crippen LogP contribution in [0.5, 0.6) is 0 Å². The molecule has 0 aliphatic rings. The molecule has 0 radical (unpaired) electrons. The van der Waals surface area contributed by atoms with Crippen molar-refractivity contribution < 1.29 is 4.74 Å². The molecular weight excluding hydrogens is 315 g/mol. The number of halogens is 1. The van der Waals surface area contributed by atoms with Crippen molar-refractivity contribution in [3.8, 4) is 0 Å². The first-order valence-electron chi connectivity index (χ1n) is 5.85. The number of ether oxygens (including phenoxy) is 1. The predicted molar refractivity (Wildman–Crippen MR) is 74.4 cm³/mol. The molecule has 1 aromatic rings. The summed E-state index contributed by atoms with van der Waals surface area (Å²) in [5.41, 5.74) is 1.20. The Kier molecular flexibility index (Phi) is 5.75. The van der Waals surface area contributed by atoms with E-state index in [0.29, 0.717) is 18.6 Å². The standard InChI is InChI=1S/C12H21IN2O/c1-5-10(4)15-12(11(13)6-14-15)8-16-7-9(2)3/h6,9-10H,5,7-8H2,1-4H3/t10-/m0/s1. The molecule has 0 spiro atoms. The first kappa shape index (κ1) is 14.0. The van der Waals surface area contributed by atoms with Gasteiger partial charge in [0.25, 0.3) is 0 Å². The monoisotopic (exact) mass is 336 g/mol. The van der Waals surface area contributed by atoms with Gasteiger partial charge in [-0.3, -0.25) is 4.68 Å². The molecule has 0 aliphatic heterocycles. The fourth-order valence-corrected chi connectivity index (χ4v) is 1.97. The summed E-state index contributed by atoms with van der Waals surface area (Å²) < 4.78 is 8.97. The maximum Gasteiger partial charge on any atom is 0.0895 e. The summed E-state index contributed by atoms with van der Waals surface area (Å²) in [7, 11) is 0. The Morgan fingerprint density at radius 3 is 2.69 bits per heavy atom. The zero-order valence-corrected chi connectivity index (χ0v) is 12.7. The van der Waals surface area contributed by atoms with Gasteiger partial charge in [-0.15, -0.1) is 0 Å². The highest BCUT2D eigenvalue weighted by Crippen LogP contribution is 2.19. The maximum atomic E-state index is 5.69. The molecule has 0 saturated carbocycles. The molecule has 1 rings (SSSR count). The van der Waals surface area contributed by atoms with Crippen molar-refractivity contribution in [3.05, 3.63) is 15.5 Å².